The molecule has 1 atom stereocenters. The summed E-state index contributed by atoms with van der Waals surface area (Å²) in [5.41, 5.74) is 2.46. The molecule has 1 aliphatic heterocycles. The van der Waals surface area contributed by atoms with E-state index in [9.17, 15) is 0 Å². The zero-order chi connectivity index (χ0) is 12.4. The monoisotopic (exact) mass is 279 g/mol. The molecule has 1 N–H and O–H groups in total. The molecule has 0 aromatic carbocycles. The van der Waals surface area contributed by atoms with Crippen molar-refractivity contribution in [2.24, 2.45) is 0 Å². The second kappa shape index (κ2) is 5.48. The summed E-state index contributed by atoms with van der Waals surface area (Å²) in [5, 5.41) is 11.1. The van der Waals surface area contributed by atoms with Crippen LogP contribution in [0.15, 0.2) is 22.2 Å². The summed E-state index contributed by atoms with van der Waals surface area (Å²) in [6.07, 6.45) is 0. The van der Waals surface area contributed by atoms with E-state index in [0.29, 0.717) is 6.04 Å². The first-order valence-corrected chi connectivity index (χ1v) is 8.06. The summed E-state index contributed by atoms with van der Waals surface area (Å²) < 4.78 is 0. The van der Waals surface area contributed by atoms with Gasteiger partial charge < -0.3 is 5.32 Å². The minimum Gasteiger partial charge on any atom is -0.312 e. The molecule has 0 spiro atoms. The smallest absolute Gasteiger partial charge is 0.124 e. The first-order chi connectivity index (χ1) is 8.81. The Morgan fingerprint density at radius 3 is 3.22 bits per heavy atom. The standard InChI is InChI=1S/C13H17N3S2/c1-10-6-16(4-3-14-10)7-12-9-18-13(15-12)11-2-5-17-8-11/h2,5,8-10,14H,3-4,6-7H2,1H3/t10-/m0/s1. The van der Waals surface area contributed by atoms with E-state index >= 15 is 0 Å². The fraction of sp³-hybridized carbons (Fsp3) is 0.462. The molecular formula is C13H17N3S2. The van der Waals surface area contributed by atoms with Crippen molar-refractivity contribution in [3.8, 4) is 10.6 Å². The van der Waals surface area contributed by atoms with Crippen LogP contribution in [0.3, 0.4) is 0 Å². The van der Waals surface area contributed by atoms with Crippen molar-refractivity contribution >= 4 is 22.7 Å². The fourth-order valence-corrected chi connectivity index (χ4v) is 3.81. The van der Waals surface area contributed by atoms with Crippen molar-refractivity contribution in [3.63, 3.8) is 0 Å². The lowest BCUT2D eigenvalue weighted by Crippen LogP contribution is -2.48. The van der Waals surface area contributed by atoms with Gasteiger partial charge in [0.05, 0.1) is 5.69 Å². The second-order valence-corrected chi connectivity index (χ2v) is 6.38. The molecule has 0 saturated carbocycles. The van der Waals surface area contributed by atoms with Gasteiger partial charge in [0.15, 0.2) is 0 Å². The molecule has 0 radical (unpaired) electrons. The summed E-state index contributed by atoms with van der Waals surface area (Å²) in [6, 6.07) is 2.73. The normalized spacial score (nSPS) is 21.3. The maximum Gasteiger partial charge on any atom is 0.124 e. The predicted molar refractivity (Wildman–Crippen MR) is 78.2 cm³/mol. The number of rotatable bonds is 3. The molecule has 0 aliphatic carbocycles. The molecule has 18 heavy (non-hydrogen) atoms. The Morgan fingerprint density at radius 2 is 2.44 bits per heavy atom. The summed E-state index contributed by atoms with van der Waals surface area (Å²) >= 11 is 3.48. The minimum atomic E-state index is 0.591. The zero-order valence-corrected chi connectivity index (χ0v) is 12.1. The Bertz CT molecular complexity index is 492. The van der Waals surface area contributed by atoms with Crippen LogP contribution < -0.4 is 5.32 Å². The van der Waals surface area contributed by atoms with E-state index in [1.165, 1.54) is 11.3 Å². The van der Waals surface area contributed by atoms with Crippen molar-refractivity contribution in [1.82, 2.24) is 15.2 Å². The van der Waals surface area contributed by atoms with Gasteiger partial charge in [0.25, 0.3) is 0 Å². The number of nitrogens with zero attached hydrogens (tertiary/aromatic N) is 2. The van der Waals surface area contributed by atoms with Gasteiger partial charge in [-0.3, -0.25) is 4.90 Å². The maximum absolute atomic E-state index is 4.73. The van der Waals surface area contributed by atoms with Crippen LogP contribution in [0, 0.1) is 0 Å². The first kappa shape index (κ1) is 12.3. The number of aromatic nitrogens is 1. The first-order valence-electron chi connectivity index (χ1n) is 6.24. The number of hydrogen-bond acceptors (Lipinski definition) is 5. The number of piperazine rings is 1. The molecule has 1 fully saturated rings. The molecule has 2 aromatic heterocycles. The number of nitrogens with one attached hydrogen (secondary N) is 1. The van der Waals surface area contributed by atoms with E-state index in [-0.39, 0.29) is 0 Å². The van der Waals surface area contributed by atoms with Gasteiger partial charge in [0, 0.05) is 48.5 Å². The van der Waals surface area contributed by atoms with E-state index in [1.54, 1.807) is 22.7 Å². The maximum atomic E-state index is 4.73. The minimum absolute atomic E-state index is 0.591. The van der Waals surface area contributed by atoms with Gasteiger partial charge in [-0.05, 0) is 18.4 Å². The van der Waals surface area contributed by atoms with Crippen LogP contribution in [-0.4, -0.2) is 35.6 Å². The van der Waals surface area contributed by atoms with E-state index in [2.05, 4.69) is 39.3 Å². The van der Waals surface area contributed by atoms with Crippen LogP contribution in [0.25, 0.3) is 10.6 Å². The molecule has 3 nitrogen and oxygen atoms in total. The van der Waals surface area contributed by atoms with Crippen molar-refractivity contribution < 1.29 is 0 Å². The third-order valence-electron chi connectivity index (χ3n) is 3.16. The highest BCUT2D eigenvalue weighted by Gasteiger charge is 2.16. The van der Waals surface area contributed by atoms with Gasteiger partial charge in [-0.2, -0.15) is 11.3 Å². The zero-order valence-electron chi connectivity index (χ0n) is 10.4. The molecule has 2 aromatic rings. The van der Waals surface area contributed by atoms with Gasteiger partial charge >= 0.3 is 0 Å². The van der Waals surface area contributed by atoms with Gasteiger partial charge in [0.1, 0.15) is 5.01 Å². The average molecular weight is 279 g/mol. The van der Waals surface area contributed by atoms with Gasteiger partial charge in [-0.25, -0.2) is 4.98 Å². The van der Waals surface area contributed by atoms with Crippen molar-refractivity contribution in [3.05, 3.63) is 27.9 Å². The highest BCUT2D eigenvalue weighted by Crippen LogP contribution is 2.26. The Morgan fingerprint density at radius 1 is 1.50 bits per heavy atom. The lowest BCUT2D eigenvalue weighted by atomic mass is 10.2. The summed E-state index contributed by atoms with van der Waals surface area (Å²) in [5.74, 6) is 0. The Hall–Kier alpha value is -0.750. The topological polar surface area (TPSA) is 28.2 Å². The van der Waals surface area contributed by atoms with Gasteiger partial charge in [-0.15, -0.1) is 11.3 Å². The fourth-order valence-electron chi connectivity index (χ4n) is 2.28. The quantitative estimate of drug-likeness (QED) is 0.936. The highest BCUT2D eigenvalue weighted by molar-refractivity contribution is 7.14. The summed E-state index contributed by atoms with van der Waals surface area (Å²) in [7, 11) is 0. The molecule has 0 bridgehead atoms. The predicted octanol–water partition coefficient (Wildman–Crippen LogP) is 2.67. The van der Waals surface area contributed by atoms with Crippen LogP contribution in [0.1, 0.15) is 12.6 Å². The van der Waals surface area contributed by atoms with Gasteiger partial charge in [-0.1, -0.05) is 0 Å². The van der Waals surface area contributed by atoms with Crippen molar-refractivity contribution in [1.29, 1.82) is 0 Å². The third-order valence-corrected chi connectivity index (χ3v) is 4.78. The Labute approximate surface area is 115 Å². The SMILES string of the molecule is C[C@H]1CN(Cc2csc(-c3ccsc3)n2)CCN1. The lowest BCUT2D eigenvalue weighted by Gasteiger charge is -2.31. The van der Waals surface area contributed by atoms with E-state index in [1.807, 2.05) is 0 Å². The lowest BCUT2D eigenvalue weighted by molar-refractivity contribution is 0.198. The van der Waals surface area contributed by atoms with E-state index < -0.39 is 0 Å². The van der Waals surface area contributed by atoms with Crippen LogP contribution in [-0.2, 0) is 6.54 Å². The van der Waals surface area contributed by atoms with Crippen LogP contribution in [0.4, 0.5) is 0 Å². The Kier molecular flexibility index (Phi) is 3.75. The van der Waals surface area contributed by atoms with E-state index in [0.717, 1.165) is 31.2 Å². The second-order valence-electron chi connectivity index (χ2n) is 4.75. The third kappa shape index (κ3) is 2.80. The molecular weight excluding hydrogens is 262 g/mol. The molecule has 1 aliphatic rings. The molecule has 0 unspecified atom stereocenters. The Balaban J connectivity index is 1.66. The number of hydrogen-bond donors (Lipinski definition) is 1. The summed E-state index contributed by atoms with van der Waals surface area (Å²) in [6.45, 7) is 6.54. The van der Waals surface area contributed by atoms with Crippen molar-refractivity contribution in [2.45, 2.75) is 19.5 Å². The number of thiazole rings is 1. The molecule has 5 heteroatoms. The van der Waals surface area contributed by atoms with E-state index in [4.69, 9.17) is 4.98 Å². The van der Waals surface area contributed by atoms with Crippen LogP contribution in [0.2, 0.25) is 0 Å². The van der Waals surface area contributed by atoms with Crippen LogP contribution in [0.5, 0.6) is 0 Å². The van der Waals surface area contributed by atoms with Crippen LogP contribution >= 0.6 is 22.7 Å². The molecule has 96 valence electrons. The van der Waals surface area contributed by atoms with Crippen molar-refractivity contribution in [2.75, 3.05) is 19.6 Å². The molecule has 0 amide bonds. The summed E-state index contributed by atoms with van der Waals surface area (Å²) in [4.78, 5) is 7.21. The average Bonchev–Trinajstić information content (AvgIpc) is 2.98. The molecule has 1 saturated heterocycles. The highest BCUT2D eigenvalue weighted by atomic mass is 32.1. The van der Waals surface area contributed by atoms with Gasteiger partial charge in [0.2, 0.25) is 0 Å². The largest absolute Gasteiger partial charge is 0.312 e. The molecule has 3 rings (SSSR count). The molecule has 3 heterocycles. The number of thiophene rings is 1.